The molecule has 108 valence electrons. The fourth-order valence-electron chi connectivity index (χ4n) is 2.30. The number of nitrogens with one attached hydrogen (secondary N) is 1. The second-order valence-electron chi connectivity index (χ2n) is 5.47. The first-order valence-electron chi connectivity index (χ1n) is 7.19. The van der Waals surface area contributed by atoms with Crippen molar-refractivity contribution in [1.82, 2.24) is 5.32 Å². The molecule has 3 heteroatoms. The van der Waals surface area contributed by atoms with Gasteiger partial charge >= 0.3 is 0 Å². The predicted molar refractivity (Wildman–Crippen MR) is 79.0 cm³/mol. The Morgan fingerprint density at radius 2 is 1.84 bits per heavy atom. The average molecular weight is 265 g/mol. The van der Waals surface area contributed by atoms with Crippen LogP contribution >= 0.6 is 0 Å². The van der Waals surface area contributed by atoms with Crippen molar-refractivity contribution in [3.05, 3.63) is 35.9 Å². The lowest BCUT2D eigenvalue weighted by atomic mass is 9.93. The Bertz CT molecular complexity index is 342. The van der Waals surface area contributed by atoms with Gasteiger partial charge in [-0.15, -0.1) is 0 Å². The van der Waals surface area contributed by atoms with E-state index in [1.807, 2.05) is 37.3 Å². The maximum absolute atomic E-state index is 9.63. The van der Waals surface area contributed by atoms with Gasteiger partial charge in [-0.3, -0.25) is 0 Å². The molecule has 1 unspecified atom stereocenters. The van der Waals surface area contributed by atoms with E-state index in [2.05, 4.69) is 12.2 Å². The van der Waals surface area contributed by atoms with Crippen LogP contribution in [0.4, 0.5) is 0 Å². The lowest BCUT2D eigenvalue weighted by Gasteiger charge is -2.33. The Hall–Kier alpha value is -0.900. The summed E-state index contributed by atoms with van der Waals surface area (Å²) in [6.07, 6.45) is 4.35. The SMILES string of the molecule is CCCCCC(C)(CO)N[C@@H](CO)c1ccccc1. The second-order valence-corrected chi connectivity index (χ2v) is 5.47. The topological polar surface area (TPSA) is 52.5 Å². The maximum atomic E-state index is 9.63. The third-order valence-corrected chi connectivity index (χ3v) is 3.59. The van der Waals surface area contributed by atoms with Gasteiger partial charge < -0.3 is 15.5 Å². The number of hydrogen-bond acceptors (Lipinski definition) is 3. The Balaban J connectivity index is 2.66. The molecule has 0 aliphatic rings. The first kappa shape index (κ1) is 16.2. The van der Waals surface area contributed by atoms with Crippen LogP contribution in [0.15, 0.2) is 30.3 Å². The van der Waals surface area contributed by atoms with Crippen molar-refractivity contribution < 1.29 is 10.2 Å². The second kappa shape index (κ2) is 8.31. The highest BCUT2D eigenvalue weighted by atomic mass is 16.3. The van der Waals surface area contributed by atoms with Crippen LogP contribution < -0.4 is 5.32 Å². The number of unbranched alkanes of at least 4 members (excludes halogenated alkanes) is 2. The highest BCUT2D eigenvalue weighted by molar-refractivity contribution is 5.19. The van der Waals surface area contributed by atoms with E-state index in [0.29, 0.717) is 0 Å². The fraction of sp³-hybridized carbons (Fsp3) is 0.625. The number of benzene rings is 1. The molecule has 0 bridgehead atoms. The van der Waals surface area contributed by atoms with E-state index in [-0.39, 0.29) is 24.8 Å². The molecule has 0 aliphatic heterocycles. The summed E-state index contributed by atoms with van der Waals surface area (Å²) in [6, 6.07) is 9.76. The molecule has 19 heavy (non-hydrogen) atoms. The Kier molecular flexibility index (Phi) is 7.06. The van der Waals surface area contributed by atoms with Gasteiger partial charge in [-0.25, -0.2) is 0 Å². The minimum Gasteiger partial charge on any atom is -0.394 e. The zero-order valence-electron chi connectivity index (χ0n) is 12.1. The molecule has 1 aromatic carbocycles. The third-order valence-electron chi connectivity index (χ3n) is 3.59. The standard InChI is InChI=1S/C16H27NO2/c1-3-4-8-11-16(2,13-19)17-15(12-18)14-9-6-5-7-10-14/h5-7,9-10,15,17-19H,3-4,8,11-13H2,1-2H3/t15-,16?/m0/s1. The third kappa shape index (κ3) is 5.31. The average Bonchev–Trinajstić information content (AvgIpc) is 2.46. The van der Waals surface area contributed by atoms with Gasteiger partial charge in [-0.1, -0.05) is 56.5 Å². The highest BCUT2D eigenvalue weighted by Crippen LogP contribution is 2.21. The Morgan fingerprint density at radius 1 is 1.16 bits per heavy atom. The molecule has 3 nitrogen and oxygen atoms in total. The molecule has 0 aliphatic carbocycles. The minimum atomic E-state index is -0.335. The normalized spacial score (nSPS) is 16.0. The highest BCUT2D eigenvalue weighted by Gasteiger charge is 2.26. The zero-order valence-corrected chi connectivity index (χ0v) is 12.1. The Morgan fingerprint density at radius 3 is 2.37 bits per heavy atom. The first-order chi connectivity index (χ1) is 9.15. The van der Waals surface area contributed by atoms with Crippen LogP contribution in [-0.2, 0) is 0 Å². The molecule has 0 radical (unpaired) electrons. The molecule has 1 aromatic rings. The van der Waals surface area contributed by atoms with Crippen LogP contribution in [0, 0.1) is 0 Å². The minimum absolute atomic E-state index is 0.0351. The molecular formula is C16H27NO2. The summed E-state index contributed by atoms with van der Waals surface area (Å²) in [4.78, 5) is 0. The summed E-state index contributed by atoms with van der Waals surface area (Å²) in [7, 11) is 0. The fourth-order valence-corrected chi connectivity index (χ4v) is 2.30. The van der Waals surface area contributed by atoms with Crippen molar-refractivity contribution in [3.8, 4) is 0 Å². The van der Waals surface area contributed by atoms with E-state index >= 15 is 0 Å². The summed E-state index contributed by atoms with van der Waals surface area (Å²) in [6.45, 7) is 4.31. The van der Waals surface area contributed by atoms with E-state index < -0.39 is 0 Å². The van der Waals surface area contributed by atoms with Crippen LogP contribution in [-0.4, -0.2) is 29.0 Å². The predicted octanol–water partition coefficient (Wildman–Crippen LogP) is 2.64. The summed E-state index contributed by atoms with van der Waals surface area (Å²) in [5, 5.41) is 22.6. The lowest BCUT2D eigenvalue weighted by Crippen LogP contribution is -2.48. The first-order valence-corrected chi connectivity index (χ1v) is 7.19. The van der Waals surface area contributed by atoms with Crippen LogP contribution in [0.2, 0.25) is 0 Å². The molecule has 0 fully saturated rings. The zero-order chi connectivity index (χ0) is 14.1. The molecule has 0 saturated heterocycles. The van der Waals surface area contributed by atoms with E-state index in [0.717, 1.165) is 18.4 Å². The number of rotatable bonds is 9. The van der Waals surface area contributed by atoms with Gasteiger partial charge in [0.15, 0.2) is 0 Å². The molecule has 0 aromatic heterocycles. The van der Waals surface area contributed by atoms with E-state index in [9.17, 15) is 10.2 Å². The Labute approximate surface area is 116 Å². The van der Waals surface area contributed by atoms with E-state index in [1.165, 1.54) is 12.8 Å². The van der Waals surface area contributed by atoms with Gasteiger partial charge in [0.25, 0.3) is 0 Å². The number of hydrogen-bond donors (Lipinski definition) is 3. The van der Waals surface area contributed by atoms with Gasteiger partial charge in [-0.05, 0) is 18.9 Å². The van der Waals surface area contributed by atoms with Gasteiger partial charge in [-0.2, -0.15) is 0 Å². The van der Waals surface area contributed by atoms with Crippen molar-refractivity contribution >= 4 is 0 Å². The van der Waals surface area contributed by atoms with E-state index in [1.54, 1.807) is 0 Å². The smallest absolute Gasteiger partial charge is 0.0626 e. The van der Waals surface area contributed by atoms with Crippen molar-refractivity contribution in [2.75, 3.05) is 13.2 Å². The van der Waals surface area contributed by atoms with Crippen molar-refractivity contribution in [2.24, 2.45) is 0 Å². The van der Waals surface area contributed by atoms with Gasteiger partial charge in [0, 0.05) is 5.54 Å². The van der Waals surface area contributed by atoms with E-state index in [4.69, 9.17) is 0 Å². The summed E-state index contributed by atoms with van der Waals surface area (Å²) in [5.41, 5.74) is 0.721. The molecule has 0 amide bonds. The van der Waals surface area contributed by atoms with Crippen molar-refractivity contribution in [3.63, 3.8) is 0 Å². The van der Waals surface area contributed by atoms with Crippen LogP contribution in [0.5, 0.6) is 0 Å². The monoisotopic (exact) mass is 265 g/mol. The van der Waals surface area contributed by atoms with Crippen LogP contribution in [0.1, 0.15) is 51.1 Å². The molecule has 0 saturated carbocycles. The molecular weight excluding hydrogens is 238 g/mol. The van der Waals surface area contributed by atoms with Gasteiger partial charge in [0.1, 0.15) is 0 Å². The molecule has 0 spiro atoms. The van der Waals surface area contributed by atoms with Gasteiger partial charge in [0.05, 0.1) is 19.3 Å². The quantitative estimate of drug-likeness (QED) is 0.602. The number of aliphatic hydroxyl groups excluding tert-OH is 2. The summed E-state index contributed by atoms with van der Waals surface area (Å²) < 4.78 is 0. The largest absolute Gasteiger partial charge is 0.394 e. The van der Waals surface area contributed by atoms with Crippen molar-refractivity contribution in [1.29, 1.82) is 0 Å². The summed E-state index contributed by atoms with van der Waals surface area (Å²) in [5.74, 6) is 0. The molecule has 2 atom stereocenters. The lowest BCUT2D eigenvalue weighted by molar-refractivity contribution is 0.129. The van der Waals surface area contributed by atoms with Gasteiger partial charge in [0.2, 0.25) is 0 Å². The van der Waals surface area contributed by atoms with Crippen LogP contribution in [0.3, 0.4) is 0 Å². The summed E-state index contributed by atoms with van der Waals surface area (Å²) >= 11 is 0. The van der Waals surface area contributed by atoms with Crippen molar-refractivity contribution in [2.45, 2.75) is 51.1 Å². The molecule has 3 N–H and O–H groups in total. The number of aliphatic hydroxyl groups is 2. The maximum Gasteiger partial charge on any atom is 0.0626 e. The molecule has 1 rings (SSSR count). The van der Waals surface area contributed by atoms with Crippen LogP contribution in [0.25, 0.3) is 0 Å². The molecule has 0 heterocycles.